The molecule has 1 saturated heterocycles. The Kier molecular flexibility index (Phi) is 3.55. The van der Waals surface area contributed by atoms with E-state index in [1.54, 1.807) is 12.1 Å². The predicted molar refractivity (Wildman–Crippen MR) is 84.5 cm³/mol. The van der Waals surface area contributed by atoms with Crippen molar-refractivity contribution in [2.75, 3.05) is 11.9 Å². The number of fused-ring (bicyclic) bond motifs is 1. The van der Waals surface area contributed by atoms with E-state index in [0.717, 1.165) is 42.3 Å². The van der Waals surface area contributed by atoms with Gasteiger partial charge in [-0.15, -0.1) is 0 Å². The van der Waals surface area contributed by atoms with Gasteiger partial charge in [-0.05, 0) is 37.9 Å². The molecule has 0 aliphatic carbocycles. The zero-order chi connectivity index (χ0) is 14.9. The van der Waals surface area contributed by atoms with E-state index in [9.17, 15) is 9.90 Å². The first-order chi connectivity index (χ1) is 10.2. The Bertz CT molecular complexity index is 676. The summed E-state index contributed by atoms with van der Waals surface area (Å²) < 4.78 is 0. The highest BCUT2D eigenvalue weighted by Crippen LogP contribution is 2.31. The minimum absolute atomic E-state index is 0.0124. The summed E-state index contributed by atoms with van der Waals surface area (Å²) in [5.41, 5.74) is 0.286. The molecule has 1 aliphatic rings. The third-order valence-corrected chi connectivity index (χ3v) is 4.43. The third-order valence-electron chi connectivity index (χ3n) is 4.43. The maximum atomic E-state index is 12.7. The largest absolute Gasteiger partial charge is 0.507 e. The van der Waals surface area contributed by atoms with Gasteiger partial charge in [0.25, 0.3) is 0 Å². The van der Waals surface area contributed by atoms with Gasteiger partial charge in [-0.3, -0.25) is 4.79 Å². The normalized spacial score (nSPS) is 21.6. The molecule has 2 aromatic carbocycles. The van der Waals surface area contributed by atoms with Crippen LogP contribution in [0.3, 0.4) is 0 Å². The highest BCUT2D eigenvalue weighted by Gasteiger charge is 2.39. The molecule has 1 unspecified atom stereocenters. The van der Waals surface area contributed by atoms with Gasteiger partial charge < -0.3 is 15.7 Å². The fourth-order valence-corrected chi connectivity index (χ4v) is 3.11. The number of hydrogen-bond donors (Lipinski definition) is 3. The summed E-state index contributed by atoms with van der Waals surface area (Å²) in [7, 11) is 0. The van der Waals surface area contributed by atoms with Crippen molar-refractivity contribution in [2.45, 2.75) is 31.7 Å². The van der Waals surface area contributed by atoms with E-state index in [0.29, 0.717) is 0 Å². The van der Waals surface area contributed by atoms with Crippen molar-refractivity contribution >= 4 is 22.4 Å². The number of carbonyl (C=O) groups excluding carboxylic acids is 1. The van der Waals surface area contributed by atoms with Crippen LogP contribution in [-0.2, 0) is 4.79 Å². The van der Waals surface area contributed by atoms with Crippen LogP contribution in [0.1, 0.15) is 26.2 Å². The van der Waals surface area contributed by atoms with E-state index in [-0.39, 0.29) is 11.7 Å². The molecule has 3 rings (SSSR count). The van der Waals surface area contributed by atoms with Gasteiger partial charge in [0, 0.05) is 16.5 Å². The van der Waals surface area contributed by atoms with Crippen LogP contribution < -0.4 is 10.6 Å². The Morgan fingerprint density at radius 3 is 2.76 bits per heavy atom. The molecule has 1 aliphatic heterocycles. The Morgan fingerprint density at radius 2 is 2.05 bits per heavy atom. The quantitative estimate of drug-likeness (QED) is 0.812. The topological polar surface area (TPSA) is 61.4 Å². The fraction of sp³-hybridized carbons (Fsp3) is 0.353. The van der Waals surface area contributed by atoms with Crippen molar-refractivity contribution < 1.29 is 9.90 Å². The molecule has 0 aromatic heterocycles. The number of phenolic OH excluding ortho intramolecular Hbond substituents is 1. The highest BCUT2D eigenvalue weighted by atomic mass is 16.3. The summed E-state index contributed by atoms with van der Waals surface area (Å²) in [4.78, 5) is 12.7. The SMILES string of the molecule is CCC1(C(=O)Nc2cccc3c(O)cccc23)CCCN1. The van der Waals surface area contributed by atoms with Gasteiger partial charge >= 0.3 is 0 Å². The van der Waals surface area contributed by atoms with Crippen molar-refractivity contribution in [3.63, 3.8) is 0 Å². The van der Waals surface area contributed by atoms with E-state index < -0.39 is 5.54 Å². The van der Waals surface area contributed by atoms with Gasteiger partial charge in [0.05, 0.1) is 5.54 Å². The van der Waals surface area contributed by atoms with Gasteiger partial charge in [0.15, 0.2) is 0 Å². The monoisotopic (exact) mass is 284 g/mol. The molecule has 0 radical (unpaired) electrons. The lowest BCUT2D eigenvalue weighted by molar-refractivity contribution is -0.122. The minimum Gasteiger partial charge on any atom is -0.507 e. The number of aromatic hydroxyl groups is 1. The molecule has 21 heavy (non-hydrogen) atoms. The first kappa shape index (κ1) is 13.9. The van der Waals surface area contributed by atoms with Gasteiger partial charge in [0.2, 0.25) is 5.91 Å². The van der Waals surface area contributed by atoms with Gasteiger partial charge in [0.1, 0.15) is 5.75 Å². The second kappa shape index (κ2) is 5.37. The fourth-order valence-electron chi connectivity index (χ4n) is 3.11. The number of amides is 1. The van der Waals surface area contributed by atoms with E-state index >= 15 is 0 Å². The number of nitrogens with one attached hydrogen (secondary N) is 2. The lowest BCUT2D eigenvalue weighted by Gasteiger charge is -2.27. The zero-order valence-electron chi connectivity index (χ0n) is 12.1. The van der Waals surface area contributed by atoms with Crippen LogP contribution in [0.25, 0.3) is 10.8 Å². The Hall–Kier alpha value is -2.07. The third kappa shape index (κ3) is 2.36. The van der Waals surface area contributed by atoms with Crippen LogP contribution in [0.4, 0.5) is 5.69 Å². The van der Waals surface area contributed by atoms with E-state index in [4.69, 9.17) is 0 Å². The molecule has 1 amide bonds. The first-order valence-electron chi connectivity index (χ1n) is 7.43. The molecular weight excluding hydrogens is 264 g/mol. The van der Waals surface area contributed by atoms with Crippen LogP contribution >= 0.6 is 0 Å². The van der Waals surface area contributed by atoms with Crippen molar-refractivity contribution in [1.29, 1.82) is 0 Å². The summed E-state index contributed by atoms with van der Waals surface area (Å²) in [5.74, 6) is 0.242. The second-order valence-electron chi connectivity index (χ2n) is 5.60. The first-order valence-corrected chi connectivity index (χ1v) is 7.43. The number of benzene rings is 2. The highest BCUT2D eigenvalue weighted by molar-refractivity contribution is 6.06. The summed E-state index contributed by atoms with van der Waals surface area (Å²) in [6.45, 7) is 2.92. The molecule has 4 nitrogen and oxygen atoms in total. The van der Waals surface area contributed by atoms with Gasteiger partial charge in [-0.1, -0.05) is 31.2 Å². The van der Waals surface area contributed by atoms with Crippen molar-refractivity contribution in [1.82, 2.24) is 5.32 Å². The van der Waals surface area contributed by atoms with Crippen LogP contribution in [0.15, 0.2) is 36.4 Å². The summed E-state index contributed by atoms with van der Waals surface area (Å²) in [5, 5.41) is 17.9. The molecule has 110 valence electrons. The number of phenols is 1. The summed E-state index contributed by atoms with van der Waals surface area (Å²) in [6.07, 6.45) is 2.66. The minimum atomic E-state index is -0.459. The standard InChI is InChI=1S/C17H20N2O2/c1-2-17(10-5-11-18-17)16(21)19-14-8-3-7-13-12(14)6-4-9-15(13)20/h3-4,6-9,18,20H,2,5,10-11H2,1H3,(H,19,21). The molecule has 0 spiro atoms. The molecule has 1 heterocycles. The number of anilines is 1. The molecule has 1 fully saturated rings. The summed E-state index contributed by atoms with van der Waals surface area (Å²) >= 11 is 0. The Balaban J connectivity index is 1.95. The lowest BCUT2D eigenvalue weighted by Crippen LogP contribution is -2.50. The smallest absolute Gasteiger partial charge is 0.244 e. The predicted octanol–water partition coefficient (Wildman–Crippen LogP) is 3.02. The second-order valence-corrected chi connectivity index (χ2v) is 5.60. The average Bonchev–Trinajstić information content (AvgIpc) is 2.98. The maximum Gasteiger partial charge on any atom is 0.244 e. The molecule has 4 heteroatoms. The number of carbonyl (C=O) groups is 1. The lowest BCUT2D eigenvalue weighted by atomic mass is 9.93. The molecule has 2 aromatic rings. The maximum absolute atomic E-state index is 12.7. The van der Waals surface area contributed by atoms with Crippen LogP contribution in [0, 0.1) is 0 Å². The molecule has 0 saturated carbocycles. The van der Waals surface area contributed by atoms with Gasteiger partial charge in [-0.2, -0.15) is 0 Å². The van der Waals surface area contributed by atoms with E-state index in [1.807, 2.05) is 31.2 Å². The Morgan fingerprint density at radius 1 is 1.29 bits per heavy atom. The van der Waals surface area contributed by atoms with Crippen LogP contribution in [-0.4, -0.2) is 23.1 Å². The zero-order valence-corrected chi connectivity index (χ0v) is 12.1. The van der Waals surface area contributed by atoms with E-state index in [2.05, 4.69) is 10.6 Å². The molecular formula is C17H20N2O2. The number of rotatable bonds is 3. The van der Waals surface area contributed by atoms with Gasteiger partial charge in [-0.25, -0.2) is 0 Å². The number of hydrogen-bond acceptors (Lipinski definition) is 3. The van der Waals surface area contributed by atoms with Crippen LogP contribution in [0.2, 0.25) is 0 Å². The van der Waals surface area contributed by atoms with Crippen molar-refractivity contribution in [3.8, 4) is 5.75 Å². The molecule has 0 bridgehead atoms. The van der Waals surface area contributed by atoms with Crippen molar-refractivity contribution in [2.24, 2.45) is 0 Å². The van der Waals surface area contributed by atoms with E-state index in [1.165, 1.54) is 0 Å². The van der Waals surface area contributed by atoms with Crippen molar-refractivity contribution in [3.05, 3.63) is 36.4 Å². The van der Waals surface area contributed by atoms with Crippen LogP contribution in [0.5, 0.6) is 5.75 Å². The molecule has 3 N–H and O–H groups in total. The summed E-state index contributed by atoms with van der Waals surface area (Å²) in [6, 6.07) is 10.9. The Labute approximate surface area is 124 Å². The average molecular weight is 284 g/mol. The molecule has 1 atom stereocenters.